The van der Waals surface area contributed by atoms with Crippen LogP contribution < -0.4 is 11.1 Å². The van der Waals surface area contributed by atoms with Crippen molar-refractivity contribution in [3.63, 3.8) is 0 Å². The molecule has 0 atom stereocenters. The minimum Gasteiger partial charge on any atom is -0.370 e. The van der Waals surface area contributed by atoms with Crippen molar-refractivity contribution < 1.29 is 8.42 Å². The molecule has 1 aliphatic rings. The molecule has 0 aromatic rings. The van der Waals surface area contributed by atoms with Gasteiger partial charge in [-0.25, -0.2) is 12.7 Å². The molecule has 1 heterocycles. The molecule has 114 valence electrons. The Labute approximate surface area is 133 Å². The van der Waals surface area contributed by atoms with Crippen molar-refractivity contribution in [2.75, 3.05) is 25.4 Å². The minimum absolute atomic E-state index is 0. The number of halogens is 1. The first-order valence-corrected chi connectivity index (χ1v) is 7.81. The zero-order valence-electron chi connectivity index (χ0n) is 12.0. The van der Waals surface area contributed by atoms with Crippen molar-refractivity contribution in [2.45, 2.75) is 33.2 Å². The molecule has 1 aliphatic heterocycles. The molecule has 0 bridgehead atoms. The maximum Gasteiger partial charge on any atom is 0.213 e. The fourth-order valence-corrected chi connectivity index (χ4v) is 2.94. The summed E-state index contributed by atoms with van der Waals surface area (Å²) in [5.74, 6) is 0.863. The summed E-state index contributed by atoms with van der Waals surface area (Å²) in [6.45, 7) is 9.37. The van der Waals surface area contributed by atoms with Crippen molar-refractivity contribution in [2.24, 2.45) is 16.6 Å². The molecule has 1 fully saturated rings. The fourth-order valence-electron chi connectivity index (χ4n) is 1.70. The van der Waals surface area contributed by atoms with E-state index in [0.717, 1.165) is 0 Å². The Kier molecular flexibility index (Phi) is 7.04. The summed E-state index contributed by atoms with van der Waals surface area (Å²) in [5, 5.41) is 3.07. The normalized spacial score (nSPS) is 18.6. The van der Waals surface area contributed by atoms with Crippen LogP contribution in [0.15, 0.2) is 4.99 Å². The molecule has 0 aromatic carbocycles. The Balaban J connectivity index is 0.00000324. The van der Waals surface area contributed by atoms with E-state index in [0.29, 0.717) is 25.6 Å². The highest BCUT2D eigenvalue weighted by atomic mass is 127. The maximum atomic E-state index is 11.5. The second-order valence-electron chi connectivity index (χ2n) is 5.68. The molecule has 1 saturated heterocycles. The van der Waals surface area contributed by atoms with Gasteiger partial charge in [-0.3, -0.25) is 4.99 Å². The highest BCUT2D eigenvalue weighted by molar-refractivity contribution is 14.0. The van der Waals surface area contributed by atoms with Gasteiger partial charge in [0.05, 0.1) is 5.75 Å². The summed E-state index contributed by atoms with van der Waals surface area (Å²) in [5.41, 5.74) is 5.63. The van der Waals surface area contributed by atoms with Crippen molar-refractivity contribution in [1.82, 2.24) is 9.62 Å². The van der Waals surface area contributed by atoms with Gasteiger partial charge in [-0.15, -0.1) is 24.0 Å². The Bertz CT molecular complexity index is 411. The van der Waals surface area contributed by atoms with E-state index < -0.39 is 10.0 Å². The minimum atomic E-state index is -3.02. The highest BCUT2D eigenvalue weighted by Gasteiger charge is 2.34. The molecule has 0 aromatic heterocycles. The van der Waals surface area contributed by atoms with Crippen LogP contribution in [0.25, 0.3) is 0 Å². The van der Waals surface area contributed by atoms with Gasteiger partial charge >= 0.3 is 0 Å². The van der Waals surface area contributed by atoms with Gasteiger partial charge in [-0.2, -0.15) is 0 Å². The fraction of sp³-hybridized carbons (Fsp3) is 0.909. The lowest BCUT2D eigenvalue weighted by molar-refractivity contribution is 0.208. The summed E-state index contributed by atoms with van der Waals surface area (Å²) >= 11 is 0. The zero-order valence-corrected chi connectivity index (χ0v) is 15.2. The number of rotatable bonds is 4. The summed E-state index contributed by atoms with van der Waals surface area (Å²) in [6, 6.07) is 0. The third-order valence-electron chi connectivity index (χ3n) is 2.70. The van der Waals surface area contributed by atoms with Gasteiger partial charge in [0.25, 0.3) is 0 Å². The van der Waals surface area contributed by atoms with Crippen LogP contribution in [-0.4, -0.2) is 49.6 Å². The Hall–Kier alpha value is -0.0900. The van der Waals surface area contributed by atoms with Gasteiger partial charge < -0.3 is 11.1 Å². The quantitative estimate of drug-likeness (QED) is 0.408. The predicted octanol–water partition coefficient (Wildman–Crippen LogP) is 0.589. The largest absolute Gasteiger partial charge is 0.370 e. The average molecular weight is 404 g/mol. The molecule has 19 heavy (non-hydrogen) atoms. The number of nitrogens with zero attached hydrogens (tertiary/aromatic N) is 2. The number of hydrogen-bond donors (Lipinski definition) is 2. The number of hydrogen-bond acceptors (Lipinski definition) is 3. The van der Waals surface area contributed by atoms with Crippen LogP contribution in [0, 0.1) is 5.92 Å². The molecule has 0 spiro atoms. The monoisotopic (exact) mass is 404 g/mol. The second kappa shape index (κ2) is 7.07. The Morgan fingerprint density at radius 2 is 1.95 bits per heavy atom. The Morgan fingerprint density at radius 3 is 2.37 bits per heavy atom. The third-order valence-corrected chi connectivity index (χ3v) is 4.52. The van der Waals surface area contributed by atoms with Crippen LogP contribution in [0.2, 0.25) is 0 Å². The summed E-state index contributed by atoms with van der Waals surface area (Å²) in [6.07, 6.45) is 0. The summed E-state index contributed by atoms with van der Waals surface area (Å²) < 4.78 is 24.5. The van der Waals surface area contributed by atoms with E-state index >= 15 is 0 Å². The Morgan fingerprint density at radius 1 is 1.42 bits per heavy atom. The van der Waals surface area contributed by atoms with Crippen LogP contribution in [0.4, 0.5) is 0 Å². The van der Waals surface area contributed by atoms with E-state index in [1.165, 1.54) is 4.31 Å². The van der Waals surface area contributed by atoms with Crippen molar-refractivity contribution >= 4 is 40.0 Å². The summed E-state index contributed by atoms with van der Waals surface area (Å²) in [4.78, 5) is 4.24. The highest BCUT2D eigenvalue weighted by Crippen LogP contribution is 2.19. The van der Waals surface area contributed by atoms with Crippen LogP contribution in [0.5, 0.6) is 0 Å². The van der Waals surface area contributed by atoms with Gasteiger partial charge in [0.15, 0.2) is 5.96 Å². The first kappa shape index (κ1) is 18.9. The lowest BCUT2D eigenvalue weighted by Gasteiger charge is -2.37. The molecular weight excluding hydrogens is 379 g/mol. The standard InChI is InChI=1S/C11H24N4O2S.HI/c1-5-18(16,17)15-7-9(8-15)6-13-10(12)14-11(2,3)4;/h9H,5-8H2,1-4H3,(H3,12,13,14);1H. The van der Waals surface area contributed by atoms with Crippen LogP contribution >= 0.6 is 24.0 Å². The molecule has 1 rings (SSSR count). The van der Waals surface area contributed by atoms with E-state index in [2.05, 4.69) is 10.3 Å². The van der Waals surface area contributed by atoms with Gasteiger partial charge in [0.2, 0.25) is 10.0 Å². The van der Waals surface area contributed by atoms with Gasteiger partial charge in [-0.1, -0.05) is 0 Å². The molecule has 0 amide bonds. The molecule has 0 aliphatic carbocycles. The van der Waals surface area contributed by atoms with Crippen LogP contribution in [0.3, 0.4) is 0 Å². The number of aliphatic imine (C=N–C) groups is 1. The topological polar surface area (TPSA) is 87.8 Å². The number of nitrogens with two attached hydrogens (primary N) is 1. The van der Waals surface area contributed by atoms with Gasteiger partial charge in [-0.05, 0) is 27.7 Å². The molecule has 8 heteroatoms. The SMILES string of the molecule is CCS(=O)(=O)N1CC(CN=C(N)NC(C)(C)C)C1.I. The van der Waals surface area contributed by atoms with Crippen LogP contribution in [-0.2, 0) is 10.0 Å². The first-order valence-electron chi connectivity index (χ1n) is 6.20. The molecule has 0 unspecified atom stereocenters. The van der Waals surface area contributed by atoms with E-state index in [4.69, 9.17) is 5.73 Å². The van der Waals surface area contributed by atoms with Crippen molar-refractivity contribution in [1.29, 1.82) is 0 Å². The van der Waals surface area contributed by atoms with Crippen molar-refractivity contribution in [3.05, 3.63) is 0 Å². The van der Waals surface area contributed by atoms with Gasteiger partial charge in [0, 0.05) is 31.1 Å². The molecular formula is C11H25IN4O2S. The smallest absolute Gasteiger partial charge is 0.213 e. The third kappa shape index (κ3) is 6.26. The average Bonchev–Trinajstić information content (AvgIpc) is 2.12. The molecule has 0 saturated carbocycles. The predicted molar refractivity (Wildman–Crippen MR) is 89.3 cm³/mol. The number of guanidine groups is 1. The van der Waals surface area contributed by atoms with Crippen molar-refractivity contribution in [3.8, 4) is 0 Å². The molecule has 0 radical (unpaired) electrons. The first-order chi connectivity index (χ1) is 8.14. The maximum absolute atomic E-state index is 11.5. The van der Waals surface area contributed by atoms with E-state index in [9.17, 15) is 8.42 Å². The van der Waals surface area contributed by atoms with E-state index in [-0.39, 0.29) is 41.2 Å². The van der Waals surface area contributed by atoms with E-state index in [1.54, 1.807) is 6.92 Å². The number of sulfonamides is 1. The lowest BCUT2D eigenvalue weighted by atomic mass is 10.0. The zero-order chi connectivity index (χ0) is 14.0. The second-order valence-corrected chi connectivity index (χ2v) is 7.94. The van der Waals surface area contributed by atoms with Gasteiger partial charge in [0.1, 0.15) is 0 Å². The lowest BCUT2D eigenvalue weighted by Crippen LogP contribution is -2.52. The summed E-state index contributed by atoms with van der Waals surface area (Å²) in [7, 11) is -3.02. The number of nitrogens with one attached hydrogen (secondary N) is 1. The van der Waals surface area contributed by atoms with E-state index in [1.807, 2.05) is 20.8 Å². The molecule has 6 nitrogen and oxygen atoms in total. The molecule has 3 N–H and O–H groups in total. The van der Waals surface area contributed by atoms with Crippen LogP contribution in [0.1, 0.15) is 27.7 Å².